The molecule has 5 aliphatic carbocycles. The molecule has 0 aromatic heterocycles. The highest BCUT2D eigenvalue weighted by atomic mass is 16.5. The largest absolute Gasteiger partial charge is 0.481 e. The van der Waals surface area contributed by atoms with E-state index in [1.807, 2.05) is 0 Å². The molecule has 10 atom stereocenters. The van der Waals surface area contributed by atoms with E-state index in [9.17, 15) is 29.7 Å². The smallest absolute Gasteiger partial charge is 0.309 e. The van der Waals surface area contributed by atoms with Gasteiger partial charge in [-0.3, -0.25) is 19.3 Å². The highest BCUT2D eigenvalue weighted by Gasteiger charge is 2.71. The van der Waals surface area contributed by atoms with Crippen molar-refractivity contribution in [2.75, 3.05) is 19.6 Å². The second kappa shape index (κ2) is 12.7. The van der Waals surface area contributed by atoms with Crippen molar-refractivity contribution in [3.05, 3.63) is 11.1 Å². The maximum Gasteiger partial charge on any atom is 0.309 e. The molecule has 8 heteroatoms. The van der Waals surface area contributed by atoms with Crippen LogP contribution in [0, 0.1) is 56.2 Å². The van der Waals surface area contributed by atoms with Crippen LogP contribution in [-0.4, -0.2) is 75.9 Å². The second-order valence-electron chi connectivity index (χ2n) is 20.1. The van der Waals surface area contributed by atoms with Gasteiger partial charge in [0.25, 0.3) is 0 Å². The Labute approximate surface area is 301 Å². The Hall–Kier alpha value is -1.77. The molecule has 5 fully saturated rings. The van der Waals surface area contributed by atoms with Crippen molar-refractivity contribution in [3.8, 4) is 0 Å². The number of ether oxygens (including phenoxy) is 1. The van der Waals surface area contributed by atoms with Gasteiger partial charge in [0, 0.05) is 30.3 Å². The number of likely N-dealkylation sites (tertiary alicyclic amines) is 1. The predicted molar refractivity (Wildman–Crippen MR) is 193 cm³/mol. The van der Waals surface area contributed by atoms with E-state index in [1.54, 1.807) is 13.8 Å². The molecule has 6 aliphatic rings. The lowest BCUT2D eigenvalue weighted by molar-refractivity contribution is -0.235. The molecule has 0 aromatic rings. The fourth-order valence-electron chi connectivity index (χ4n) is 13.5. The minimum Gasteiger partial charge on any atom is -0.481 e. The summed E-state index contributed by atoms with van der Waals surface area (Å²) in [5, 5.41) is 32.2. The lowest BCUT2D eigenvalue weighted by Gasteiger charge is -2.72. The topological polar surface area (TPSA) is 124 Å². The Morgan fingerprint density at radius 3 is 2.28 bits per heavy atom. The van der Waals surface area contributed by atoms with Gasteiger partial charge in [0.05, 0.1) is 24.0 Å². The number of carboxylic acids is 1. The molecule has 0 spiro atoms. The van der Waals surface area contributed by atoms with Gasteiger partial charge in [-0.05, 0) is 130 Å². The van der Waals surface area contributed by atoms with Crippen LogP contribution in [0.25, 0.3) is 0 Å². The van der Waals surface area contributed by atoms with Crippen molar-refractivity contribution in [1.82, 2.24) is 4.90 Å². The fourth-order valence-corrected chi connectivity index (χ4v) is 13.5. The van der Waals surface area contributed by atoms with Crippen LogP contribution in [0.1, 0.15) is 139 Å². The molecule has 0 amide bonds. The van der Waals surface area contributed by atoms with Crippen LogP contribution < -0.4 is 0 Å². The lowest BCUT2D eigenvalue weighted by Crippen LogP contribution is -2.66. The molecule has 1 heterocycles. The molecule has 1 saturated heterocycles. The third-order valence-corrected chi connectivity index (χ3v) is 16.4. The van der Waals surface area contributed by atoms with Crippen LogP contribution in [0.3, 0.4) is 0 Å². The summed E-state index contributed by atoms with van der Waals surface area (Å²) >= 11 is 0. The average molecular weight is 698 g/mol. The third-order valence-electron chi connectivity index (χ3n) is 16.4. The predicted octanol–water partition coefficient (Wildman–Crippen LogP) is 7.20. The molecule has 282 valence electrons. The zero-order valence-corrected chi connectivity index (χ0v) is 32.6. The van der Waals surface area contributed by atoms with Crippen LogP contribution in [0.15, 0.2) is 11.1 Å². The van der Waals surface area contributed by atoms with Gasteiger partial charge in [-0.15, -0.1) is 0 Å². The molecular formula is C42H67NO7. The average Bonchev–Trinajstić information content (AvgIpc) is 3.32. The van der Waals surface area contributed by atoms with E-state index in [1.165, 1.54) is 5.57 Å². The second-order valence-corrected chi connectivity index (χ2v) is 20.1. The number of carbonyl (C=O) groups is 3. The maximum absolute atomic E-state index is 14.0. The number of allylic oxidation sites excluding steroid dienone is 1. The number of esters is 1. The highest BCUT2D eigenvalue weighted by molar-refractivity contribution is 6.00. The quantitative estimate of drug-likeness (QED) is 0.228. The Balaban J connectivity index is 1.29. The Morgan fingerprint density at radius 2 is 1.64 bits per heavy atom. The number of β-amino-alcohol motifs (C(OH)–C–C–N with tert-alkyl or cyclic N) is 2. The Morgan fingerprint density at radius 1 is 0.940 bits per heavy atom. The standard InChI is InChI=1S/C42H67NO7/c1-25(2)34-28(45)21-42(31(46)24-43-20-10-11-26(44)23-43)19-18-40(8)27(35(34)42)12-13-30-39(7)16-15-32(50-33(47)22-37(3,4)36(48)49)38(5,6)29(39)14-17-41(30,40)9/h25-27,29-32,44,46H,10-24H2,1-9H3,(H,48,49)/t26-,27-,29?,30?,31-,32+,39+,40-,41-,42?/m1/s1. The third kappa shape index (κ3) is 5.66. The van der Waals surface area contributed by atoms with Crippen molar-refractivity contribution in [1.29, 1.82) is 0 Å². The number of hydrogen-bond donors (Lipinski definition) is 3. The number of aliphatic hydroxyl groups excluding tert-OH is 2. The molecule has 6 rings (SSSR count). The molecule has 0 aromatic carbocycles. The van der Waals surface area contributed by atoms with Crippen molar-refractivity contribution in [2.24, 2.45) is 56.2 Å². The molecule has 1 aliphatic heterocycles. The van der Waals surface area contributed by atoms with E-state index in [0.29, 0.717) is 31.3 Å². The molecule has 4 saturated carbocycles. The number of ketones is 1. The van der Waals surface area contributed by atoms with Crippen LogP contribution in [0.2, 0.25) is 0 Å². The minimum atomic E-state index is -1.16. The SMILES string of the molecule is CC(C)C1=C2[C@H]3CCC4[C@@]5(C)CC[C@H](OC(=O)CC(C)(C)C(=O)O)C(C)(C)C5CC[C@@]4(C)[C@]3(C)CCC2([C@H](O)CN2CCC[C@@H](O)C2)CC1=O. The van der Waals surface area contributed by atoms with Gasteiger partial charge in [0.15, 0.2) is 5.78 Å². The first-order valence-corrected chi connectivity index (χ1v) is 19.9. The fraction of sp³-hybridized carbons (Fsp3) is 0.881. The van der Waals surface area contributed by atoms with Crippen LogP contribution in [0.5, 0.6) is 0 Å². The van der Waals surface area contributed by atoms with Gasteiger partial charge >= 0.3 is 11.9 Å². The summed E-state index contributed by atoms with van der Waals surface area (Å²) in [7, 11) is 0. The van der Waals surface area contributed by atoms with Crippen LogP contribution in [0.4, 0.5) is 0 Å². The molecule has 0 bridgehead atoms. The molecular weight excluding hydrogens is 630 g/mol. The van der Waals surface area contributed by atoms with Crippen molar-refractivity contribution < 1.29 is 34.4 Å². The number of aliphatic carboxylic acids is 1. The van der Waals surface area contributed by atoms with Crippen molar-refractivity contribution in [2.45, 2.75) is 158 Å². The van der Waals surface area contributed by atoms with Crippen LogP contribution >= 0.6 is 0 Å². The maximum atomic E-state index is 14.0. The monoisotopic (exact) mass is 697 g/mol. The Bertz CT molecular complexity index is 1420. The highest BCUT2D eigenvalue weighted by Crippen LogP contribution is 2.77. The summed E-state index contributed by atoms with van der Waals surface area (Å²) < 4.78 is 6.16. The first-order valence-electron chi connectivity index (χ1n) is 19.9. The molecule has 3 unspecified atom stereocenters. The summed E-state index contributed by atoms with van der Waals surface area (Å²) in [4.78, 5) is 41.0. The number of nitrogens with zero attached hydrogens (tertiary/aromatic N) is 1. The number of carboxylic acid groups (broad SMARTS) is 1. The number of fused-ring (bicyclic) bond motifs is 7. The number of Topliss-reactive ketones (excluding diaryl/α,β-unsaturated/α-hetero) is 1. The Kier molecular flexibility index (Phi) is 9.63. The normalized spacial score (nSPS) is 42.3. The van der Waals surface area contributed by atoms with Gasteiger partial charge in [-0.2, -0.15) is 0 Å². The van der Waals surface area contributed by atoms with Gasteiger partial charge in [0.1, 0.15) is 6.10 Å². The van der Waals surface area contributed by atoms with E-state index < -0.39 is 28.9 Å². The molecule has 50 heavy (non-hydrogen) atoms. The summed E-state index contributed by atoms with van der Waals surface area (Å²) in [6.07, 6.45) is 8.63. The van der Waals surface area contributed by atoms with E-state index in [2.05, 4.69) is 53.4 Å². The first-order chi connectivity index (χ1) is 23.1. The van der Waals surface area contributed by atoms with Gasteiger partial charge < -0.3 is 20.1 Å². The number of hydrogen-bond acceptors (Lipinski definition) is 7. The first kappa shape index (κ1) is 38.0. The molecule has 3 N–H and O–H groups in total. The van der Waals surface area contributed by atoms with Crippen molar-refractivity contribution >= 4 is 17.7 Å². The van der Waals surface area contributed by atoms with E-state index in [-0.39, 0.29) is 57.9 Å². The van der Waals surface area contributed by atoms with Gasteiger partial charge in [-0.1, -0.05) is 54.0 Å². The summed E-state index contributed by atoms with van der Waals surface area (Å²) in [5.74, 6) is 0.0590. The number of carbonyl (C=O) groups excluding carboxylic acids is 2. The minimum absolute atomic E-state index is 0.00952. The molecule has 0 radical (unpaired) electrons. The van der Waals surface area contributed by atoms with E-state index in [4.69, 9.17) is 4.74 Å². The summed E-state index contributed by atoms with van der Waals surface area (Å²) in [6.45, 7) is 21.6. The van der Waals surface area contributed by atoms with E-state index in [0.717, 1.165) is 76.3 Å². The number of aliphatic hydroxyl groups is 2. The van der Waals surface area contributed by atoms with E-state index >= 15 is 0 Å². The van der Waals surface area contributed by atoms with Crippen molar-refractivity contribution in [3.63, 3.8) is 0 Å². The van der Waals surface area contributed by atoms with Gasteiger partial charge in [0.2, 0.25) is 0 Å². The van der Waals surface area contributed by atoms with Gasteiger partial charge in [-0.25, -0.2) is 0 Å². The van der Waals surface area contributed by atoms with Crippen LogP contribution in [-0.2, 0) is 19.1 Å². The molecule has 8 nitrogen and oxygen atoms in total. The lowest BCUT2D eigenvalue weighted by atomic mass is 9.33. The summed E-state index contributed by atoms with van der Waals surface area (Å²) in [6, 6.07) is 0. The number of piperidine rings is 1. The number of rotatable bonds is 8. The zero-order chi connectivity index (χ0) is 36.8. The zero-order valence-electron chi connectivity index (χ0n) is 32.6. The summed E-state index contributed by atoms with van der Waals surface area (Å²) in [5.41, 5.74) is 0.478.